The van der Waals surface area contributed by atoms with Gasteiger partial charge in [0.1, 0.15) is 0 Å². The van der Waals surface area contributed by atoms with Crippen LogP contribution in [-0.2, 0) is 4.79 Å². The Labute approximate surface area is 104 Å². The number of nitrogens with zero attached hydrogens (tertiary/aromatic N) is 1. The smallest absolute Gasteiger partial charge is 0.224 e. The second kappa shape index (κ2) is 6.36. The molecule has 0 aromatic heterocycles. The van der Waals surface area contributed by atoms with Gasteiger partial charge in [0.05, 0.1) is 5.92 Å². The normalized spacial score (nSPS) is 30.4. The Morgan fingerprint density at radius 1 is 1.47 bits per heavy atom. The Hall–Kier alpha value is -0.610. The first-order chi connectivity index (χ1) is 8.25. The molecule has 0 spiro atoms. The van der Waals surface area contributed by atoms with Gasteiger partial charge < -0.3 is 15.5 Å². The van der Waals surface area contributed by atoms with Crippen LogP contribution in [-0.4, -0.2) is 50.6 Å². The molecule has 0 aromatic carbocycles. The summed E-state index contributed by atoms with van der Waals surface area (Å²) in [6.45, 7) is 5.13. The van der Waals surface area contributed by atoms with Crippen LogP contribution in [0.15, 0.2) is 0 Å². The molecule has 2 aliphatic heterocycles. The fraction of sp³-hybridized carbons (Fsp3) is 0.923. The number of carbonyl (C=O) groups is 1. The summed E-state index contributed by atoms with van der Waals surface area (Å²) in [4.78, 5) is 14.2. The van der Waals surface area contributed by atoms with E-state index in [2.05, 4.69) is 22.6 Å². The molecule has 2 atom stereocenters. The van der Waals surface area contributed by atoms with Gasteiger partial charge in [0, 0.05) is 19.6 Å². The molecule has 2 fully saturated rings. The minimum atomic E-state index is 0.212. The number of piperidine rings is 1. The molecule has 98 valence electrons. The molecule has 17 heavy (non-hydrogen) atoms. The third kappa shape index (κ3) is 3.96. The summed E-state index contributed by atoms with van der Waals surface area (Å²) in [7, 11) is 2.19. The molecule has 2 aliphatic rings. The summed E-state index contributed by atoms with van der Waals surface area (Å²) in [5.41, 5.74) is 0. The zero-order valence-corrected chi connectivity index (χ0v) is 10.9. The van der Waals surface area contributed by atoms with Crippen molar-refractivity contribution in [2.45, 2.75) is 25.7 Å². The molecular formula is C13H25N3O. The van der Waals surface area contributed by atoms with E-state index in [9.17, 15) is 4.79 Å². The lowest BCUT2D eigenvalue weighted by atomic mass is 9.95. The van der Waals surface area contributed by atoms with E-state index in [4.69, 9.17) is 0 Å². The second-order valence-corrected chi connectivity index (χ2v) is 5.54. The summed E-state index contributed by atoms with van der Waals surface area (Å²) < 4.78 is 0. The van der Waals surface area contributed by atoms with Crippen LogP contribution in [0.5, 0.6) is 0 Å². The predicted octanol–water partition coefficient (Wildman–Crippen LogP) is 0.444. The van der Waals surface area contributed by atoms with Gasteiger partial charge in [0.15, 0.2) is 0 Å². The zero-order valence-electron chi connectivity index (χ0n) is 10.9. The zero-order chi connectivity index (χ0) is 12.1. The molecule has 2 saturated heterocycles. The van der Waals surface area contributed by atoms with Gasteiger partial charge in [-0.2, -0.15) is 0 Å². The third-order valence-electron chi connectivity index (χ3n) is 4.01. The van der Waals surface area contributed by atoms with Crippen molar-refractivity contribution in [3.8, 4) is 0 Å². The highest BCUT2D eigenvalue weighted by Gasteiger charge is 2.22. The maximum absolute atomic E-state index is 11.8. The van der Waals surface area contributed by atoms with E-state index in [0.717, 1.165) is 38.4 Å². The largest absolute Gasteiger partial charge is 0.356 e. The Morgan fingerprint density at radius 2 is 2.35 bits per heavy atom. The first-order valence-electron chi connectivity index (χ1n) is 6.92. The molecule has 2 rings (SSSR count). The standard InChI is InChI=1S/C13H25N3O/c1-16-8-2-3-11(10-16)4-7-15-13(17)12-5-6-14-9-12/h11-12,14H,2-10H2,1H3,(H,15,17). The van der Waals surface area contributed by atoms with Crippen LogP contribution in [0.2, 0.25) is 0 Å². The molecule has 2 N–H and O–H groups in total. The topological polar surface area (TPSA) is 44.4 Å². The van der Waals surface area contributed by atoms with Gasteiger partial charge in [-0.25, -0.2) is 0 Å². The first-order valence-corrected chi connectivity index (χ1v) is 6.92. The van der Waals surface area contributed by atoms with Crippen molar-refractivity contribution in [3.63, 3.8) is 0 Å². The van der Waals surface area contributed by atoms with Gasteiger partial charge in [-0.15, -0.1) is 0 Å². The first kappa shape index (κ1) is 12.8. The van der Waals surface area contributed by atoms with E-state index in [-0.39, 0.29) is 11.8 Å². The number of likely N-dealkylation sites (tertiary alicyclic amines) is 1. The van der Waals surface area contributed by atoms with Crippen LogP contribution < -0.4 is 10.6 Å². The molecule has 0 radical (unpaired) electrons. The van der Waals surface area contributed by atoms with E-state index < -0.39 is 0 Å². The molecule has 0 saturated carbocycles. The van der Waals surface area contributed by atoms with Crippen molar-refractivity contribution < 1.29 is 4.79 Å². The molecule has 0 bridgehead atoms. The van der Waals surface area contributed by atoms with Gasteiger partial charge in [-0.3, -0.25) is 4.79 Å². The number of rotatable bonds is 4. The maximum atomic E-state index is 11.8. The Bertz CT molecular complexity index is 251. The van der Waals surface area contributed by atoms with Gasteiger partial charge in [0.25, 0.3) is 0 Å². The molecular weight excluding hydrogens is 214 g/mol. The lowest BCUT2D eigenvalue weighted by Crippen LogP contribution is -2.36. The molecule has 0 aliphatic carbocycles. The predicted molar refractivity (Wildman–Crippen MR) is 68.8 cm³/mol. The lowest BCUT2D eigenvalue weighted by molar-refractivity contribution is -0.124. The van der Waals surface area contributed by atoms with Crippen LogP contribution in [0.25, 0.3) is 0 Å². The highest BCUT2D eigenvalue weighted by molar-refractivity contribution is 5.79. The minimum absolute atomic E-state index is 0.212. The molecule has 1 amide bonds. The number of amides is 1. The summed E-state index contributed by atoms with van der Waals surface area (Å²) >= 11 is 0. The molecule has 2 unspecified atom stereocenters. The van der Waals surface area contributed by atoms with E-state index in [0.29, 0.717) is 0 Å². The van der Waals surface area contributed by atoms with Crippen molar-refractivity contribution in [2.75, 3.05) is 39.8 Å². The Kier molecular flexibility index (Phi) is 4.80. The number of hydrogen-bond donors (Lipinski definition) is 2. The summed E-state index contributed by atoms with van der Waals surface area (Å²) in [6, 6.07) is 0. The number of nitrogens with one attached hydrogen (secondary N) is 2. The van der Waals surface area contributed by atoms with E-state index in [1.807, 2.05) is 0 Å². The molecule has 4 nitrogen and oxygen atoms in total. The van der Waals surface area contributed by atoms with E-state index >= 15 is 0 Å². The highest BCUT2D eigenvalue weighted by atomic mass is 16.1. The maximum Gasteiger partial charge on any atom is 0.224 e. The average molecular weight is 239 g/mol. The van der Waals surface area contributed by atoms with Gasteiger partial charge in [-0.05, 0) is 51.7 Å². The van der Waals surface area contributed by atoms with Crippen LogP contribution in [0.4, 0.5) is 0 Å². The van der Waals surface area contributed by atoms with Crippen molar-refractivity contribution in [1.82, 2.24) is 15.5 Å². The van der Waals surface area contributed by atoms with Crippen LogP contribution >= 0.6 is 0 Å². The fourth-order valence-electron chi connectivity index (χ4n) is 2.93. The van der Waals surface area contributed by atoms with Crippen molar-refractivity contribution >= 4 is 5.91 Å². The molecule has 2 heterocycles. The molecule has 4 heteroatoms. The van der Waals surface area contributed by atoms with Crippen molar-refractivity contribution in [3.05, 3.63) is 0 Å². The average Bonchev–Trinajstić information content (AvgIpc) is 2.82. The van der Waals surface area contributed by atoms with Crippen molar-refractivity contribution in [2.24, 2.45) is 11.8 Å². The monoisotopic (exact) mass is 239 g/mol. The van der Waals surface area contributed by atoms with E-state index in [1.54, 1.807) is 0 Å². The SMILES string of the molecule is CN1CCCC(CCNC(=O)C2CCNC2)C1. The molecule has 0 aromatic rings. The Morgan fingerprint density at radius 3 is 3.06 bits per heavy atom. The lowest BCUT2D eigenvalue weighted by Gasteiger charge is -2.29. The van der Waals surface area contributed by atoms with Gasteiger partial charge in [-0.1, -0.05) is 0 Å². The summed E-state index contributed by atoms with van der Waals surface area (Å²) in [6.07, 6.45) is 4.76. The van der Waals surface area contributed by atoms with Crippen LogP contribution in [0.1, 0.15) is 25.7 Å². The fourth-order valence-corrected chi connectivity index (χ4v) is 2.93. The number of carbonyl (C=O) groups excluding carboxylic acids is 1. The third-order valence-corrected chi connectivity index (χ3v) is 4.01. The van der Waals surface area contributed by atoms with Crippen molar-refractivity contribution in [1.29, 1.82) is 0 Å². The Balaban J connectivity index is 1.60. The highest BCUT2D eigenvalue weighted by Crippen LogP contribution is 2.17. The quantitative estimate of drug-likeness (QED) is 0.748. The van der Waals surface area contributed by atoms with E-state index in [1.165, 1.54) is 25.9 Å². The summed E-state index contributed by atoms with van der Waals surface area (Å²) in [5.74, 6) is 1.24. The number of hydrogen-bond acceptors (Lipinski definition) is 3. The summed E-state index contributed by atoms with van der Waals surface area (Å²) in [5, 5.41) is 6.32. The van der Waals surface area contributed by atoms with Crippen LogP contribution in [0.3, 0.4) is 0 Å². The van der Waals surface area contributed by atoms with Gasteiger partial charge in [0.2, 0.25) is 5.91 Å². The van der Waals surface area contributed by atoms with Crippen LogP contribution in [0, 0.1) is 11.8 Å². The van der Waals surface area contributed by atoms with Gasteiger partial charge >= 0.3 is 0 Å². The second-order valence-electron chi connectivity index (χ2n) is 5.54. The minimum Gasteiger partial charge on any atom is -0.356 e.